The minimum absolute atomic E-state index is 0.791. The SMILES string of the molecule is [CH]=CCCc1cccc(Cl)c1. The third-order valence-electron chi connectivity index (χ3n) is 1.49. The smallest absolute Gasteiger partial charge is 0.0408 e. The van der Waals surface area contributed by atoms with E-state index in [0.717, 1.165) is 17.9 Å². The predicted octanol–water partition coefficient (Wildman–Crippen LogP) is 3.26. The standard InChI is InChI=1S/C10H10Cl/c1-2-3-5-9-6-4-7-10(11)8-9/h1-2,4,6-8H,3,5H2. The molecular formula is C10H10Cl. The van der Waals surface area contributed by atoms with Crippen LogP contribution in [0, 0.1) is 6.58 Å². The Bertz CT molecular complexity index is 240. The number of aryl methyl sites for hydroxylation is 1. The minimum atomic E-state index is 0.791. The van der Waals surface area contributed by atoms with Crippen LogP contribution in [-0.2, 0) is 6.42 Å². The molecule has 0 heterocycles. The molecule has 0 aliphatic carbocycles. The van der Waals surface area contributed by atoms with Gasteiger partial charge in [-0.05, 0) is 30.5 Å². The van der Waals surface area contributed by atoms with Crippen molar-refractivity contribution in [3.8, 4) is 0 Å². The molecule has 0 N–H and O–H groups in total. The van der Waals surface area contributed by atoms with Gasteiger partial charge in [0.05, 0.1) is 0 Å². The van der Waals surface area contributed by atoms with E-state index in [-0.39, 0.29) is 0 Å². The van der Waals surface area contributed by atoms with Gasteiger partial charge < -0.3 is 0 Å². The Labute approximate surface area is 72.5 Å². The monoisotopic (exact) mass is 165 g/mol. The topological polar surface area (TPSA) is 0 Å². The number of hydrogen-bond acceptors (Lipinski definition) is 0. The van der Waals surface area contributed by atoms with E-state index >= 15 is 0 Å². The number of halogens is 1. The molecule has 0 aromatic heterocycles. The lowest BCUT2D eigenvalue weighted by Gasteiger charge is -1.97. The summed E-state index contributed by atoms with van der Waals surface area (Å²) < 4.78 is 0. The van der Waals surface area contributed by atoms with Gasteiger partial charge in [-0.3, -0.25) is 0 Å². The van der Waals surface area contributed by atoms with Gasteiger partial charge in [0.25, 0.3) is 0 Å². The van der Waals surface area contributed by atoms with E-state index in [9.17, 15) is 0 Å². The van der Waals surface area contributed by atoms with Gasteiger partial charge in [0, 0.05) is 5.02 Å². The normalized spacial score (nSPS) is 9.55. The maximum absolute atomic E-state index is 5.78. The van der Waals surface area contributed by atoms with Crippen molar-refractivity contribution in [3.05, 3.63) is 47.5 Å². The number of hydrogen-bond donors (Lipinski definition) is 0. The van der Waals surface area contributed by atoms with Gasteiger partial charge in [0.1, 0.15) is 0 Å². The molecule has 0 amide bonds. The molecule has 0 aliphatic rings. The van der Waals surface area contributed by atoms with E-state index < -0.39 is 0 Å². The lowest BCUT2D eigenvalue weighted by Crippen LogP contribution is -1.81. The maximum Gasteiger partial charge on any atom is 0.0408 e. The van der Waals surface area contributed by atoms with Crippen molar-refractivity contribution in [3.63, 3.8) is 0 Å². The van der Waals surface area contributed by atoms with E-state index in [0.29, 0.717) is 0 Å². The lowest BCUT2D eigenvalue weighted by atomic mass is 10.1. The number of rotatable bonds is 3. The molecular weight excluding hydrogens is 156 g/mol. The quantitative estimate of drug-likeness (QED) is 0.645. The highest BCUT2D eigenvalue weighted by molar-refractivity contribution is 6.30. The van der Waals surface area contributed by atoms with Crippen molar-refractivity contribution in [1.29, 1.82) is 0 Å². The highest BCUT2D eigenvalue weighted by atomic mass is 35.5. The first-order valence-electron chi connectivity index (χ1n) is 3.61. The van der Waals surface area contributed by atoms with Crippen LogP contribution < -0.4 is 0 Å². The molecule has 1 aromatic carbocycles. The Morgan fingerprint density at radius 1 is 1.45 bits per heavy atom. The van der Waals surface area contributed by atoms with Crippen LogP contribution in [0.15, 0.2) is 30.3 Å². The second-order valence-corrected chi connectivity index (χ2v) is 2.84. The van der Waals surface area contributed by atoms with Gasteiger partial charge in [0.15, 0.2) is 0 Å². The molecule has 1 radical (unpaired) electrons. The summed E-state index contributed by atoms with van der Waals surface area (Å²) in [4.78, 5) is 0. The summed E-state index contributed by atoms with van der Waals surface area (Å²) >= 11 is 5.78. The Morgan fingerprint density at radius 2 is 2.27 bits per heavy atom. The summed E-state index contributed by atoms with van der Waals surface area (Å²) in [6.45, 7) is 5.26. The largest absolute Gasteiger partial charge is 0.0843 e. The van der Waals surface area contributed by atoms with Crippen molar-refractivity contribution in [2.24, 2.45) is 0 Å². The fourth-order valence-electron chi connectivity index (χ4n) is 0.942. The molecule has 0 atom stereocenters. The molecule has 0 unspecified atom stereocenters. The zero-order valence-electron chi connectivity index (χ0n) is 6.26. The third-order valence-corrected chi connectivity index (χ3v) is 1.72. The number of allylic oxidation sites excluding steroid dienone is 1. The molecule has 0 fully saturated rings. The van der Waals surface area contributed by atoms with Crippen LogP contribution in [0.4, 0.5) is 0 Å². The van der Waals surface area contributed by atoms with Crippen molar-refractivity contribution in [2.75, 3.05) is 0 Å². The molecule has 0 spiro atoms. The van der Waals surface area contributed by atoms with Gasteiger partial charge in [-0.15, -0.1) is 0 Å². The lowest BCUT2D eigenvalue weighted by molar-refractivity contribution is 1.00. The van der Waals surface area contributed by atoms with Crippen LogP contribution in [0.3, 0.4) is 0 Å². The van der Waals surface area contributed by atoms with Gasteiger partial charge in [-0.25, -0.2) is 0 Å². The summed E-state index contributed by atoms with van der Waals surface area (Å²) in [6.07, 6.45) is 3.54. The fraction of sp³-hybridized carbons (Fsp3) is 0.200. The van der Waals surface area contributed by atoms with E-state index in [2.05, 4.69) is 6.07 Å². The first-order chi connectivity index (χ1) is 5.33. The molecule has 0 saturated carbocycles. The maximum atomic E-state index is 5.78. The zero-order chi connectivity index (χ0) is 8.10. The number of benzene rings is 1. The zero-order valence-corrected chi connectivity index (χ0v) is 7.01. The van der Waals surface area contributed by atoms with Crippen LogP contribution in [0.2, 0.25) is 5.02 Å². The highest BCUT2D eigenvalue weighted by Gasteiger charge is 1.91. The van der Waals surface area contributed by atoms with Crippen molar-refractivity contribution >= 4 is 11.6 Å². The van der Waals surface area contributed by atoms with Crippen LogP contribution >= 0.6 is 11.6 Å². The van der Waals surface area contributed by atoms with Crippen molar-refractivity contribution in [2.45, 2.75) is 12.8 Å². The Balaban J connectivity index is 2.63. The van der Waals surface area contributed by atoms with Gasteiger partial charge >= 0.3 is 0 Å². The summed E-state index contributed by atoms with van der Waals surface area (Å²) in [6, 6.07) is 7.84. The third kappa shape index (κ3) is 2.77. The molecule has 1 rings (SSSR count). The highest BCUT2D eigenvalue weighted by Crippen LogP contribution is 2.11. The first kappa shape index (κ1) is 8.35. The van der Waals surface area contributed by atoms with Gasteiger partial charge in [0.2, 0.25) is 0 Å². The van der Waals surface area contributed by atoms with Gasteiger partial charge in [-0.1, -0.05) is 36.4 Å². The first-order valence-corrected chi connectivity index (χ1v) is 3.98. The molecule has 0 saturated heterocycles. The van der Waals surface area contributed by atoms with E-state index in [1.165, 1.54) is 5.56 Å². The second kappa shape index (κ2) is 4.20. The van der Waals surface area contributed by atoms with Crippen molar-refractivity contribution < 1.29 is 0 Å². The molecule has 57 valence electrons. The Kier molecular flexibility index (Phi) is 3.18. The van der Waals surface area contributed by atoms with Crippen LogP contribution in [-0.4, -0.2) is 0 Å². The molecule has 11 heavy (non-hydrogen) atoms. The summed E-state index contributed by atoms with van der Waals surface area (Å²) in [5, 5.41) is 0.791. The predicted molar refractivity (Wildman–Crippen MR) is 48.6 cm³/mol. The molecule has 0 nitrogen and oxygen atoms in total. The van der Waals surface area contributed by atoms with Crippen molar-refractivity contribution in [1.82, 2.24) is 0 Å². The second-order valence-electron chi connectivity index (χ2n) is 2.40. The summed E-state index contributed by atoms with van der Waals surface area (Å²) in [5.74, 6) is 0. The van der Waals surface area contributed by atoms with E-state index in [4.69, 9.17) is 18.2 Å². The minimum Gasteiger partial charge on any atom is -0.0843 e. The van der Waals surface area contributed by atoms with E-state index in [1.54, 1.807) is 6.08 Å². The van der Waals surface area contributed by atoms with E-state index in [1.807, 2.05) is 18.2 Å². The van der Waals surface area contributed by atoms with Crippen LogP contribution in [0.5, 0.6) is 0 Å². The Hall–Kier alpha value is -0.750. The summed E-state index contributed by atoms with van der Waals surface area (Å²) in [5.41, 5.74) is 1.24. The Morgan fingerprint density at radius 3 is 2.91 bits per heavy atom. The average Bonchev–Trinajstić information content (AvgIpc) is 2.01. The van der Waals surface area contributed by atoms with Crippen LogP contribution in [0.1, 0.15) is 12.0 Å². The molecule has 1 heteroatoms. The van der Waals surface area contributed by atoms with Gasteiger partial charge in [-0.2, -0.15) is 0 Å². The fourth-order valence-corrected chi connectivity index (χ4v) is 1.16. The average molecular weight is 166 g/mol. The summed E-state index contributed by atoms with van der Waals surface area (Å²) in [7, 11) is 0. The molecule has 0 bridgehead atoms. The molecule has 0 aliphatic heterocycles. The molecule has 1 aromatic rings. The van der Waals surface area contributed by atoms with Crippen LogP contribution in [0.25, 0.3) is 0 Å².